The maximum Gasteiger partial charge on any atom is 0.255 e. The van der Waals surface area contributed by atoms with Crippen LogP contribution in [0, 0.1) is 0 Å². The van der Waals surface area contributed by atoms with Crippen molar-refractivity contribution in [2.24, 2.45) is 0 Å². The van der Waals surface area contributed by atoms with Crippen LogP contribution >= 0.6 is 0 Å². The van der Waals surface area contributed by atoms with Crippen LogP contribution in [0.15, 0.2) is 18.2 Å². The molecule has 1 fully saturated rings. The van der Waals surface area contributed by atoms with Crippen LogP contribution in [0.3, 0.4) is 0 Å². The van der Waals surface area contributed by atoms with Gasteiger partial charge in [0.05, 0.1) is 17.7 Å². The van der Waals surface area contributed by atoms with Gasteiger partial charge in [-0.3, -0.25) is 4.79 Å². The van der Waals surface area contributed by atoms with Crippen molar-refractivity contribution >= 4 is 5.91 Å². The number of hydrogen-bond acceptors (Lipinski definition) is 5. The average Bonchev–Trinajstić information content (AvgIpc) is 2.79. The van der Waals surface area contributed by atoms with Crippen molar-refractivity contribution in [2.45, 2.75) is 12.1 Å². The summed E-state index contributed by atoms with van der Waals surface area (Å²) in [5, 5.41) is 24.8. The number of carbonyl (C=O) groups is 1. The fourth-order valence-corrected chi connectivity index (χ4v) is 2.00. The second kappa shape index (κ2) is 5.24. The lowest BCUT2D eigenvalue weighted by Crippen LogP contribution is -2.43. The number of phenolic OH excluding ortho intramolecular Hbond substituents is 2. The Morgan fingerprint density at radius 1 is 1.44 bits per heavy atom. The van der Waals surface area contributed by atoms with E-state index >= 15 is 0 Å². The molecule has 1 saturated heterocycles. The van der Waals surface area contributed by atoms with E-state index in [-0.39, 0.29) is 29.2 Å². The zero-order chi connectivity index (χ0) is 13.1. The number of hydrogen-bond donors (Lipinski definition) is 4. The normalized spacial score (nSPS) is 22.9. The molecule has 98 valence electrons. The predicted octanol–water partition coefficient (Wildman–Crippen LogP) is -0.186. The fraction of sp³-hybridized carbons (Fsp3) is 0.417. The highest BCUT2D eigenvalue weighted by Gasteiger charge is 2.29. The summed E-state index contributed by atoms with van der Waals surface area (Å²) in [4.78, 5) is 12.0. The summed E-state index contributed by atoms with van der Waals surface area (Å²) in [5.41, 5.74) is 0.0525. The number of benzene rings is 1. The van der Waals surface area contributed by atoms with Crippen molar-refractivity contribution in [3.63, 3.8) is 0 Å². The summed E-state index contributed by atoms with van der Waals surface area (Å²) in [6.45, 7) is 1.29. The van der Waals surface area contributed by atoms with Gasteiger partial charge >= 0.3 is 0 Å². The molecule has 0 aliphatic carbocycles. The number of methoxy groups -OCH3 is 1. The predicted molar refractivity (Wildman–Crippen MR) is 64.7 cm³/mol. The maximum absolute atomic E-state index is 12.0. The molecule has 1 heterocycles. The van der Waals surface area contributed by atoms with E-state index in [1.807, 2.05) is 0 Å². The van der Waals surface area contributed by atoms with E-state index < -0.39 is 5.91 Å². The number of ether oxygens (including phenoxy) is 1. The molecule has 6 nitrogen and oxygen atoms in total. The van der Waals surface area contributed by atoms with Gasteiger partial charge in [0.25, 0.3) is 5.91 Å². The molecule has 2 rings (SSSR count). The lowest BCUT2D eigenvalue weighted by Gasteiger charge is -2.18. The zero-order valence-corrected chi connectivity index (χ0v) is 10.0. The van der Waals surface area contributed by atoms with Gasteiger partial charge in [-0.2, -0.15) is 0 Å². The Bertz CT molecular complexity index is 450. The van der Waals surface area contributed by atoms with Crippen LogP contribution in [0.2, 0.25) is 0 Å². The number of nitrogens with one attached hydrogen (secondary N) is 2. The first-order valence-electron chi connectivity index (χ1n) is 5.68. The van der Waals surface area contributed by atoms with Crippen molar-refractivity contribution in [1.29, 1.82) is 0 Å². The molecule has 1 aromatic rings. The number of phenols is 2. The van der Waals surface area contributed by atoms with Crippen molar-refractivity contribution < 1.29 is 19.7 Å². The summed E-state index contributed by atoms with van der Waals surface area (Å²) >= 11 is 0. The SMILES string of the molecule is CO[C@H]1CNCC1NC(=O)c1cc(O)ccc1O. The van der Waals surface area contributed by atoms with Gasteiger partial charge in [-0.05, 0) is 18.2 Å². The van der Waals surface area contributed by atoms with Gasteiger partial charge in [-0.1, -0.05) is 0 Å². The molecule has 4 N–H and O–H groups in total. The van der Waals surface area contributed by atoms with Crippen LogP contribution in [-0.4, -0.2) is 48.5 Å². The lowest BCUT2D eigenvalue weighted by atomic mass is 10.1. The van der Waals surface area contributed by atoms with E-state index in [1.165, 1.54) is 18.2 Å². The molecule has 0 bridgehead atoms. The lowest BCUT2D eigenvalue weighted by molar-refractivity contribution is 0.0777. The van der Waals surface area contributed by atoms with Crippen LogP contribution in [0.25, 0.3) is 0 Å². The summed E-state index contributed by atoms with van der Waals surface area (Å²) in [5.74, 6) is -0.657. The zero-order valence-electron chi connectivity index (χ0n) is 10.0. The first kappa shape index (κ1) is 12.7. The van der Waals surface area contributed by atoms with Crippen LogP contribution in [0.4, 0.5) is 0 Å². The smallest absolute Gasteiger partial charge is 0.255 e. The first-order chi connectivity index (χ1) is 8.61. The Labute approximate surface area is 105 Å². The number of rotatable bonds is 3. The van der Waals surface area contributed by atoms with E-state index in [9.17, 15) is 15.0 Å². The second-order valence-corrected chi connectivity index (χ2v) is 4.21. The molecule has 1 aliphatic heterocycles. The van der Waals surface area contributed by atoms with Gasteiger partial charge < -0.3 is 25.6 Å². The van der Waals surface area contributed by atoms with E-state index in [1.54, 1.807) is 7.11 Å². The van der Waals surface area contributed by atoms with E-state index in [2.05, 4.69) is 10.6 Å². The summed E-state index contributed by atoms with van der Waals surface area (Å²) in [7, 11) is 1.59. The van der Waals surface area contributed by atoms with Crippen LogP contribution < -0.4 is 10.6 Å². The van der Waals surface area contributed by atoms with Crippen molar-refractivity contribution in [2.75, 3.05) is 20.2 Å². The molecular weight excluding hydrogens is 236 g/mol. The van der Waals surface area contributed by atoms with E-state index in [0.29, 0.717) is 13.1 Å². The highest BCUT2D eigenvalue weighted by atomic mass is 16.5. The van der Waals surface area contributed by atoms with Crippen LogP contribution in [-0.2, 0) is 4.74 Å². The highest BCUT2D eigenvalue weighted by Crippen LogP contribution is 2.22. The van der Waals surface area contributed by atoms with E-state index in [0.717, 1.165) is 0 Å². The summed E-state index contributed by atoms with van der Waals surface area (Å²) in [6.07, 6.45) is -0.0894. The summed E-state index contributed by atoms with van der Waals surface area (Å²) in [6, 6.07) is 3.69. The van der Waals surface area contributed by atoms with Crippen molar-refractivity contribution in [1.82, 2.24) is 10.6 Å². The highest BCUT2D eigenvalue weighted by molar-refractivity contribution is 5.97. The molecule has 1 unspecified atom stereocenters. The van der Waals surface area contributed by atoms with Gasteiger partial charge in [0.1, 0.15) is 11.5 Å². The summed E-state index contributed by atoms with van der Waals surface area (Å²) < 4.78 is 5.23. The fourth-order valence-electron chi connectivity index (χ4n) is 2.00. The Morgan fingerprint density at radius 2 is 2.22 bits per heavy atom. The van der Waals surface area contributed by atoms with Gasteiger partial charge in [-0.15, -0.1) is 0 Å². The Balaban J connectivity index is 2.09. The molecule has 0 aromatic heterocycles. The van der Waals surface area contributed by atoms with E-state index in [4.69, 9.17) is 4.74 Å². The first-order valence-corrected chi connectivity index (χ1v) is 5.68. The molecule has 1 amide bonds. The molecule has 18 heavy (non-hydrogen) atoms. The largest absolute Gasteiger partial charge is 0.508 e. The number of amides is 1. The van der Waals surface area contributed by atoms with Gasteiger partial charge in [-0.25, -0.2) is 0 Å². The molecular formula is C12H16N2O4. The molecule has 0 saturated carbocycles. The number of aromatic hydroxyl groups is 2. The Hall–Kier alpha value is -1.79. The standard InChI is InChI=1S/C12H16N2O4/c1-18-11-6-13-5-9(11)14-12(17)8-4-7(15)2-3-10(8)16/h2-4,9,11,13,15-16H,5-6H2,1H3,(H,14,17)/t9?,11-/m0/s1. The molecule has 1 aromatic carbocycles. The van der Waals surface area contributed by atoms with Crippen LogP contribution in [0.5, 0.6) is 11.5 Å². The molecule has 1 aliphatic rings. The van der Waals surface area contributed by atoms with Crippen LogP contribution in [0.1, 0.15) is 10.4 Å². The molecule has 6 heteroatoms. The molecule has 2 atom stereocenters. The molecule has 0 radical (unpaired) electrons. The topological polar surface area (TPSA) is 90.8 Å². The molecule has 0 spiro atoms. The number of carbonyl (C=O) groups excluding carboxylic acids is 1. The van der Waals surface area contributed by atoms with Gasteiger partial charge in [0.2, 0.25) is 0 Å². The minimum atomic E-state index is -0.431. The Morgan fingerprint density at radius 3 is 2.94 bits per heavy atom. The van der Waals surface area contributed by atoms with Crippen molar-refractivity contribution in [3.05, 3.63) is 23.8 Å². The third-order valence-corrected chi connectivity index (χ3v) is 3.00. The second-order valence-electron chi connectivity index (χ2n) is 4.21. The third kappa shape index (κ3) is 2.55. The maximum atomic E-state index is 12.0. The third-order valence-electron chi connectivity index (χ3n) is 3.00. The monoisotopic (exact) mass is 252 g/mol. The average molecular weight is 252 g/mol. The van der Waals surface area contributed by atoms with Gasteiger partial charge in [0.15, 0.2) is 0 Å². The Kier molecular flexibility index (Phi) is 3.69. The minimum absolute atomic E-state index is 0.0525. The quantitative estimate of drug-likeness (QED) is 0.560. The van der Waals surface area contributed by atoms with Crippen molar-refractivity contribution in [3.8, 4) is 11.5 Å². The van der Waals surface area contributed by atoms with Gasteiger partial charge in [0, 0.05) is 20.2 Å². The minimum Gasteiger partial charge on any atom is -0.508 e.